The fraction of sp³-hybridized carbons (Fsp3) is 0.304. The van der Waals surface area contributed by atoms with Crippen LogP contribution in [-0.2, 0) is 14.3 Å². The Morgan fingerprint density at radius 2 is 2.00 bits per heavy atom. The van der Waals surface area contributed by atoms with Gasteiger partial charge in [0.05, 0.1) is 23.8 Å². The number of carboxylic acids is 1. The van der Waals surface area contributed by atoms with E-state index in [0.29, 0.717) is 6.42 Å². The Morgan fingerprint density at radius 3 is 2.75 bits per heavy atom. The summed E-state index contributed by atoms with van der Waals surface area (Å²) in [5.41, 5.74) is 0.806. The van der Waals surface area contributed by atoms with Crippen LogP contribution in [0.5, 0.6) is 0 Å². The van der Waals surface area contributed by atoms with Gasteiger partial charge in [-0.2, -0.15) is 0 Å². The van der Waals surface area contributed by atoms with Gasteiger partial charge in [-0.05, 0) is 24.8 Å². The van der Waals surface area contributed by atoms with E-state index in [1.807, 2.05) is 55.5 Å². The van der Waals surface area contributed by atoms with Crippen LogP contribution in [0.15, 0.2) is 66.8 Å². The topological polar surface area (TPSA) is 66.8 Å². The van der Waals surface area contributed by atoms with Crippen LogP contribution in [-0.4, -0.2) is 34.7 Å². The second-order valence-corrected chi connectivity index (χ2v) is 8.02. The van der Waals surface area contributed by atoms with Gasteiger partial charge in [0.2, 0.25) is 5.91 Å². The summed E-state index contributed by atoms with van der Waals surface area (Å²) in [5.74, 6) is -2.74. The SMILES string of the molecule is C=C(C)C[C@H]1N(c2cccc3ccccc23)C(=O)[C@H]2[C@@H](C(=O)O)[C@H]3C=C[C@]21O3. The van der Waals surface area contributed by atoms with E-state index in [1.165, 1.54) is 0 Å². The van der Waals surface area contributed by atoms with Gasteiger partial charge in [-0.3, -0.25) is 9.59 Å². The predicted molar refractivity (Wildman–Crippen MR) is 106 cm³/mol. The van der Waals surface area contributed by atoms with Crippen molar-refractivity contribution >= 4 is 28.3 Å². The molecule has 3 heterocycles. The van der Waals surface area contributed by atoms with Crippen molar-refractivity contribution in [2.75, 3.05) is 4.90 Å². The van der Waals surface area contributed by atoms with Gasteiger partial charge in [-0.1, -0.05) is 54.1 Å². The van der Waals surface area contributed by atoms with Crippen molar-refractivity contribution in [3.63, 3.8) is 0 Å². The Balaban J connectivity index is 1.71. The number of ether oxygens (including phenoxy) is 1. The lowest BCUT2D eigenvalue weighted by Crippen LogP contribution is -2.45. The van der Waals surface area contributed by atoms with Crippen LogP contribution in [0.1, 0.15) is 13.3 Å². The molecule has 2 aromatic carbocycles. The van der Waals surface area contributed by atoms with E-state index in [4.69, 9.17) is 4.74 Å². The van der Waals surface area contributed by atoms with Gasteiger partial charge in [-0.15, -0.1) is 6.58 Å². The zero-order chi connectivity index (χ0) is 19.6. The predicted octanol–water partition coefficient (Wildman–Crippen LogP) is 3.55. The molecule has 1 amide bonds. The zero-order valence-corrected chi connectivity index (χ0v) is 15.5. The van der Waals surface area contributed by atoms with Crippen LogP contribution in [0.4, 0.5) is 5.69 Å². The summed E-state index contributed by atoms with van der Waals surface area (Å²) < 4.78 is 6.21. The van der Waals surface area contributed by atoms with Gasteiger partial charge in [-0.25, -0.2) is 0 Å². The van der Waals surface area contributed by atoms with Crippen molar-refractivity contribution in [1.29, 1.82) is 0 Å². The van der Waals surface area contributed by atoms with E-state index >= 15 is 0 Å². The van der Waals surface area contributed by atoms with E-state index in [1.54, 1.807) is 11.0 Å². The molecule has 5 rings (SSSR count). The third-order valence-corrected chi connectivity index (χ3v) is 6.27. The van der Waals surface area contributed by atoms with Crippen molar-refractivity contribution in [2.24, 2.45) is 11.8 Å². The van der Waals surface area contributed by atoms with Crippen LogP contribution >= 0.6 is 0 Å². The first-order valence-corrected chi connectivity index (χ1v) is 9.49. The molecule has 1 N–H and O–H groups in total. The molecule has 2 saturated heterocycles. The summed E-state index contributed by atoms with van der Waals surface area (Å²) in [7, 11) is 0. The van der Waals surface area contributed by atoms with Gasteiger partial charge in [0.25, 0.3) is 0 Å². The number of fused-ring (bicyclic) bond motifs is 2. The molecule has 0 aromatic heterocycles. The first kappa shape index (κ1) is 17.2. The maximum Gasteiger partial charge on any atom is 0.310 e. The highest BCUT2D eigenvalue weighted by atomic mass is 16.5. The second-order valence-electron chi connectivity index (χ2n) is 8.02. The Labute approximate surface area is 162 Å². The Kier molecular flexibility index (Phi) is 3.55. The molecule has 3 aliphatic heterocycles. The maximum atomic E-state index is 13.6. The number of amides is 1. The summed E-state index contributed by atoms with van der Waals surface area (Å²) in [6.45, 7) is 5.97. The lowest BCUT2D eigenvalue weighted by atomic mass is 9.74. The van der Waals surface area contributed by atoms with E-state index in [2.05, 4.69) is 6.58 Å². The second kappa shape index (κ2) is 5.79. The van der Waals surface area contributed by atoms with Gasteiger partial charge in [0.15, 0.2) is 0 Å². The first-order chi connectivity index (χ1) is 13.4. The molecule has 0 saturated carbocycles. The highest BCUT2D eigenvalue weighted by Crippen LogP contribution is 2.57. The number of benzene rings is 2. The van der Waals surface area contributed by atoms with E-state index in [0.717, 1.165) is 22.0 Å². The molecule has 0 radical (unpaired) electrons. The smallest absolute Gasteiger partial charge is 0.310 e. The van der Waals surface area contributed by atoms with Gasteiger partial charge >= 0.3 is 5.97 Å². The number of carbonyl (C=O) groups excluding carboxylic acids is 1. The molecular weight excluding hydrogens is 354 g/mol. The number of aliphatic carboxylic acids is 1. The molecule has 142 valence electrons. The number of nitrogens with zero attached hydrogens (tertiary/aromatic N) is 1. The van der Waals surface area contributed by atoms with Gasteiger partial charge < -0.3 is 14.7 Å². The maximum absolute atomic E-state index is 13.6. The molecule has 5 heteroatoms. The summed E-state index contributed by atoms with van der Waals surface area (Å²) in [4.78, 5) is 27.4. The van der Waals surface area contributed by atoms with E-state index in [9.17, 15) is 14.7 Å². The quantitative estimate of drug-likeness (QED) is 0.830. The molecule has 5 nitrogen and oxygen atoms in total. The molecule has 0 aliphatic carbocycles. The van der Waals surface area contributed by atoms with Crippen LogP contribution < -0.4 is 4.90 Å². The Morgan fingerprint density at radius 1 is 1.25 bits per heavy atom. The average Bonchev–Trinajstić information content (AvgIpc) is 3.30. The lowest BCUT2D eigenvalue weighted by molar-refractivity contribution is -0.146. The minimum absolute atomic E-state index is 0.179. The molecule has 2 fully saturated rings. The molecule has 3 aliphatic rings. The highest BCUT2D eigenvalue weighted by molar-refractivity contribution is 6.09. The standard InChI is InChI=1S/C23H21NO4/c1-13(2)12-18-23-11-10-17(28-23)19(22(26)27)20(23)21(25)24(18)16-9-5-7-14-6-3-4-8-15(14)16/h3-11,17-20H,1,12H2,2H3,(H,26,27)/t17-,18-,19+,20-,23-/m1/s1. The minimum atomic E-state index is -0.983. The summed E-state index contributed by atoms with van der Waals surface area (Å²) in [6.07, 6.45) is 3.72. The van der Waals surface area contributed by atoms with Crippen LogP contribution in [0.25, 0.3) is 10.8 Å². The summed E-state index contributed by atoms with van der Waals surface area (Å²) in [6, 6.07) is 13.4. The van der Waals surface area contributed by atoms with Crippen LogP contribution in [0.3, 0.4) is 0 Å². The van der Waals surface area contributed by atoms with Crippen molar-refractivity contribution in [3.05, 3.63) is 66.8 Å². The monoisotopic (exact) mass is 375 g/mol. The Hall–Kier alpha value is -2.92. The van der Waals surface area contributed by atoms with Crippen molar-refractivity contribution < 1.29 is 19.4 Å². The molecule has 1 spiro atoms. The number of anilines is 1. The fourth-order valence-corrected chi connectivity index (χ4v) is 5.22. The zero-order valence-electron chi connectivity index (χ0n) is 15.5. The molecule has 2 aromatic rings. The highest BCUT2D eigenvalue weighted by Gasteiger charge is 2.71. The van der Waals surface area contributed by atoms with E-state index in [-0.39, 0.29) is 11.9 Å². The van der Waals surface area contributed by atoms with Crippen molar-refractivity contribution in [2.45, 2.75) is 31.1 Å². The molecular formula is C23H21NO4. The largest absolute Gasteiger partial charge is 0.481 e. The fourth-order valence-electron chi connectivity index (χ4n) is 5.22. The summed E-state index contributed by atoms with van der Waals surface area (Å²) >= 11 is 0. The van der Waals surface area contributed by atoms with Crippen molar-refractivity contribution in [1.82, 2.24) is 0 Å². The van der Waals surface area contributed by atoms with Crippen LogP contribution in [0, 0.1) is 11.8 Å². The summed E-state index contributed by atoms with van der Waals surface area (Å²) in [5, 5.41) is 11.8. The number of hydrogen-bond acceptors (Lipinski definition) is 3. The van der Waals surface area contributed by atoms with Gasteiger partial charge in [0.1, 0.15) is 11.5 Å². The third-order valence-electron chi connectivity index (χ3n) is 6.27. The molecule has 5 atom stereocenters. The normalized spacial score (nSPS) is 32.9. The number of carbonyl (C=O) groups is 2. The molecule has 0 unspecified atom stereocenters. The first-order valence-electron chi connectivity index (χ1n) is 9.49. The molecule has 2 bridgehead atoms. The lowest BCUT2D eigenvalue weighted by Gasteiger charge is -2.34. The van der Waals surface area contributed by atoms with Gasteiger partial charge in [0, 0.05) is 5.39 Å². The minimum Gasteiger partial charge on any atom is -0.481 e. The average molecular weight is 375 g/mol. The number of rotatable bonds is 4. The molecule has 28 heavy (non-hydrogen) atoms. The van der Waals surface area contributed by atoms with Crippen LogP contribution in [0.2, 0.25) is 0 Å². The number of carboxylic acid groups (broad SMARTS) is 1. The Bertz CT molecular complexity index is 1050. The third kappa shape index (κ3) is 2.11. The van der Waals surface area contributed by atoms with E-state index < -0.39 is 29.5 Å². The van der Waals surface area contributed by atoms with Crippen molar-refractivity contribution in [3.8, 4) is 0 Å². The number of hydrogen-bond donors (Lipinski definition) is 1.